The number of nitrogens with two attached hydrogens (primary N) is 1. The van der Waals surface area contributed by atoms with Gasteiger partial charge in [-0.15, -0.1) is 0 Å². The molecule has 0 atom stereocenters. The molecule has 5 N–H and O–H groups in total. The van der Waals surface area contributed by atoms with Crippen LogP contribution < -0.4 is 35.9 Å². The standard InChI is InChI=1S/C25H33FN4O6/c1-25(2,3)36-24(32)29-11-10-28-23(31)16-12-20(33-4)22(21(13-16)34-5)35-15-18(27)14-30-19-8-6-17(26)7-9-19/h6-9,12-14,30H,10-11,15,27H2,1-5H3,(H,28,31)(H,29,32)/b18-14-. The third-order valence-electron chi connectivity index (χ3n) is 4.45. The maximum atomic E-state index is 13.0. The lowest BCUT2D eigenvalue weighted by molar-refractivity contribution is 0.0526. The zero-order valence-electron chi connectivity index (χ0n) is 21.1. The number of amides is 2. The molecule has 0 aliphatic heterocycles. The zero-order valence-corrected chi connectivity index (χ0v) is 21.1. The minimum atomic E-state index is -0.607. The summed E-state index contributed by atoms with van der Waals surface area (Å²) in [6, 6.07) is 8.81. The van der Waals surface area contributed by atoms with E-state index in [0.717, 1.165) is 0 Å². The molecule has 2 aromatic carbocycles. The van der Waals surface area contributed by atoms with Crippen molar-refractivity contribution in [1.29, 1.82) is 0 Å². The Bertz CT molecular complexity index is 1040. The van der Waals surface area contributed by atoms with Crippen LogP contribution in [-0.2, 0) is 4.74 Å². The van der Waals surface area contributed by atoms with Crippen molar-refractivity contribution < 1.29 is 32.9 Å². The number of benzene rings is 2. The summed E-state index contributed by atoms with van der Waals surface area (Å²) in [6.07, 6.45) is 0.960. The highest BCUT2D eigenvalue weighted by Crippen LogP contribution is 2.38. The van der Waals surface area contributed by atoms with Crippen molar-refractivity contribution in [2.45, 2.75) is 26.4 Å². The highest BCUT2D eigenvalue weighted by molar-refractivity contribution is 5.95. The zero-order chi connectivity index (χ0) is 26.7. The van der Waals surface area contributed by atoms with Gasteiger partial charge >= 0.3 is 6.09 Å². The molecule has 10 nitrogen and oxygen atoms in total. The number of methoxy groups -OCH3 is 2. The van der Waals surface area contributed by atoms with Gasteiger partial charge in [0, 0.05) is 30.5 Å². The van der Waals surface area contributed by atoms with E-state index in [9.17, 15) is 14.0 Å². The van der Waals surface area contributed by atoms with E-state index >= 15 is 0 Å². The molecule has 11 heteroatoms. The molecule has 0 unspecified atom stereocenters. The maximum absolute atomic E-state index is 13.0. The largest absolute Gasteiger partial charge is 0.493 e. The number of hydrogen-bond donors (Lipinski definition) is 4. The summed E-state index contributed by atoms with van der Waals surface area (Å²) in [5.41, 5.74) is 6.67. The molecule has 0 bridgehead atoms. The Morgan fingerprint density at radius 2 is 1.58 bits per heavy atom. The Labute approximate surface area is 209 Å². The third-order valence-corrected chi connectivity index (χ3v) is 4.45. The molecule has 196 valence electrons. The topological polar surface area (TPSA) is 133 Å². The average Bonchev–Trinajstić information content (AvgIpc) is 2.83. The number of ether oxygens (including phenoxy) is 4. The van der Waals surface area contributed by atoms with Gasteiger partial charge in [0.1, 0.15) is 18.0 Å². The Kier molecular flexibility index (Phi) is 10.2. The fourth-order valence-electron chi connectivity index (χ4n) is 2.83. The maximum Gasteiger partial charge on any atom is 0.407 e. The molecule has 0 radical (unpaired) electrons. The highest BCUT2D eigenvalue weighted by Gasteiger charge is 2.19. The number of halogens is 1. The van der Waals surface area contributed by atoms with E-state index in [1.165, 1.54) is 44.7 Å². The molecular formula is C25H33FN4O6. The van der Waals surface area contributed by atoms with Crippen LogP contribution in [0.25, 0.3) is 0 Å². The molecule has 0 heterocycles. The van der Waals surface area contributed by atoms with Crippen LogP contribution in [-0.4, -0.2) is 51.5 Å². The molecule has 2 aromatic rings. The van der Waals surface area contributed by atoms with Gasteiger partial charge in [-0.3, -0.25) is 4.79 Å². The molecule has 2 rings (SSSR count). The molecule has 0 aliphatic rings. The van der Waals surface area contributed by atoms with Gasteiger partial charge in [-0.2, -0.15) is 0 Å². The summed E-state index contributed by atoms with van der Waals surface area (Å²) < 4.78 is 34.7. The van der Waals surface area contributed by atoms with Crippen LogP contribution in [0, 0.1) is 5.82 Å². The summed E-state index contributed by atoms with van der Waals surface area (Å²) in [6.45, 7) is 5.65. The highest BCUT2D eigenvalue weighted by atomic mass is 19.1. The van der Waals surface area contributed by atoms with Crippen molar-refractivity contribution in [2.24, 2.45) is 5.73 Å². The molecule has 0 fully saturated rings. The number of nitrogens with one attached hydrogen (secondary N) is 3. The molecule has 0 saturated heterocycles. The lowest BCUT2D eigenvalue weighted by Gasteiger charge is -2.19. The van der Waals surface area contributed by atoms with E-state index in [0.29, 0.717) is 11.4 Å². The SMILES string of the molecule is COc1cc(C(=O)NCCNC(=O)OC(C)(C)C)cc(OC)c1OC/C(N)=C/Nc1ccc(F)cc1. The van der Waals surface area contributed by atoms with E-state index < -0.39 is 17.6 Å². The quantitative estimate of drug-likeness (QED) is 0.342. The lowest BCUT2D eigenvalue weighted by atomic mass is 10.1. The smallest absolute Gasteiger partial charge is 0.407 e. The van der Waals surface area contributed by atoms with Crippen LogP contribution in [0.2, 0.25) is 0 Å². The number of carbonyl (C=O) groups excluding carboxylic acids is 2. The number of alkyl carbamates (subject to hydrolysis) is 1. The fraction of sp³-hybridized carbons (Fsp3) is 0.360. The molecule has 2 amide bonds. The lowest BCUT2D eigenvalue weighted by Crippen LogP contribution is -2.37. The second kappa shape index (κ2) is 13.1. The predicted molar refractivity (Wildman–Crippen MR) is 134 cm³/mol. The summed E-state index contributed by atoms with van der Waals surface area (Å²) in [4.78, 5) is 24.3. The molecule has 36 heavy (non-hydrogen) atoms. The Morgan fingerprint density at radius 3 is 2.14 bits per heavy atom. The van der Waals surface area contributed by atoms with Crippen molar-refractivity contribution in [3.05, 3.63) is 59.7 Å². The van der Waals surface area contributed by atoms with E-state index in [-0.39, 0.29) is 48.3 Å². The van der Waals surface area contributed by atoms with Crippen molar-refractivity contribution in [3.8, 4) is 17.2 Å². The predicted octanol–water partition coefficient (Wildman–Crippen LogP) is 3.39. The second-order valence-electron chi connectivity index (χ2n) is 8.55. The molecule has 0 spiro atoms. The minimum absolute atomic E-state index is 0.0111. The number of carbonyl (C=O) groups is 2. The summed E-state index contributed by atoms with van der Waals surface area (Å²) in [7, 11) is 2.87. The van der Waals surface area contributed by atoms with Crippen LogP contribution in [0.5, 0.6) is 17.2 Å². The summed E-state index contributed by atoms with van der Waals surface area (Å²) in [5.74, 6) is 0.0688. The number of hydrogen-bond acceptors (Lipinski definition) is 8. The summed E-state index contributed by atoms with van der Waals surface area (Å²) in [5, 5.41) is 8.22. The van der Waals surface area contributed by atoms with E-state index in [2.05, 4.69) is 16.0 Å². The summed E-state index contributed by atoms with van der Waals surface area (Å²) >= 11 is 0. The molecule has 0 aromatic heterocycles. The van der Waals surface area contributed by atoms with Gasteiger partial charge in [-0.05, 0) is 57.2 Å². The van der Waals surface area contributed by atoms with Gasteiger partial charge < -0.3 is 40.6 Å². The molecular weight excluding hydrogens is 471 g/mol. The first-order chi connectivity index (χ1) is 17.0. The number of anilines is 1. The van der Waals surface area contributed by atoms with Gasteiger partial charge in [-0.25, -0.2) is 9.18 Å². The Balaban J connectivity index is 1.98. The first-order valence-electron chi connectivity index (χ1n) is 11.1. The van der Waals surface area contributed by atoms with Gasteiger partial charge in [0.15, 0.2) is 11.5 Å². The van der Waals surface area contributed by atoms with Crippen molar-refractivity contribution >= 4 is 17.7 Å². The fourth-order valence-corrected chi connectivity index (χ4v) is 2.83. The van der Waals surface area contributed by atoms with Crippen LogP contribution >= 0.6 is 0 Å². The first kappa shape index (κ1) is 28.1. The van der Waals surface area contributed by atoms with Crippen LogP contribution in [0.3, 0.4) is 0 Å². The second-order valence-corrected chi connectivity index (χ2v) is 8.55. The van der Waals surface area contributed by atoms with Crippen LogP contribution in [0.4, 0.5) is 14.9 Å². The molecule has 0 saturated carbocycles. The van der Waals surface area contributed by atoms with E-state index in [1.54, 1.807) is 32.9 Å². The first-order valence-corrected chi connectivity index (χ1v) is 11.1. The molecule has 0 aliphatic carbocycles. The Morgan fingerprint density at radius 1 is 1.00 bits per heavy atom. The van der Waals surface area contributed by atoms with Crippen LogP contribution in [0.1, 0.15) is 31.1 Å². The average molecular weight is 505 g/mol. The third kappa shape index (κ3) is 9.24. The van der Waals surface area contributed by atoms with Crippen molar-refractivity contribution in [3.63, 3.8) is 0 Å². The van der Waals surface area contributed by atoms with Gasteiger partial charge in [0.05, 0.1) is 19.9 Å². The van der Waals surface area contributed by atoms with Crippen LogP contribution in [0.15, 0.2) is 48.3 Å². The van der Waals surface area contributed by atoms with Gasteiger partial charge in [0.25, 0.3) is 5.91 Å². The Hall–Kier alpha value is -4.15. The van der Waals surface area contributed by atoms with Gasteiger partial charge in [0.2, 0.25) is 5.75 Å². The van der Waals surface area contributed by atoms with Crippen molar-refractivity contribution in [2.75, 3.05) is 39.2 Å². The minimum Gasteiger partial charge on any atom is -0.493 e. The monoisotopic (exact) mass is 504 g/mol. The van der Waals surface area contributed by atoms with E-state index in [4.69, 9.17) is 24.7 Å². The van der Waals surface area contributed by atoms with Gasteiger partial charge in [-0.1, -0.05) is 0 Å². The van der Waals surface area contributed by atoms with Crippen molar-refractivity contribution in [1.82, 2.24) is 10.6 Å². The van der Waals surface area contributed by atoms with E-state index in [1.807, 2.05) is 0 Å². The normalized spacial score (nSPS) is 11.3. The number of rotatable bonds is 11.